The number of benzene rings is 1. The van der Waals surface area contributed by atoms with Crippen molar-refractivity contribution in [3.8, 4) is 0 Å². The Hall–Kier alpha value is -2.13. The third-order valence-electron chi connectivity index (χ3n) is 7.19. The maximum atomic E-state index is 13.0. The van der Waals surface area contributed by atoms with Crippen molar-refractivity contribution in [1.29, 1.82) is 0 Å². The maximum Gasteiger partial charge on any atom is 0.420 e. The summed E-state index contributed by atoms with van der Waals surface area (Å²) in [6, 6.07) is 4.59. The van der Waals surface area contributed by atoms with Crippen LogP contribution in [0.25, 0.3) is 11.1 Å². The number of hydrogen-bond acceptors (Lipinski definition) is 5. The Balaban J connectivity index is 1.58. The van der Waals surface area contributed by atoms with E-state index in [0.717, 1.165) is 25.7 Å². The lowest BCUT2D eigenvalue weighted by Gasteiger charge is -2.39. The number of aromatic nitrogens is 1. The highest BCUT2D eigenvalue weighted by atomic mass is 32.2. The van der Waals surface area contributed by atoms with E-state index in [1.807, 2.05) is 0 Å². The van der Waals surface area contributed by atoms with Crippen LogP contribution < -0.4 is 5.76 Å². The van der Waals surface area contributed by atoms with E-state index in [2.05, 4.69) is 13.8 Å². The van der Waals surface area contributed by atoms with Gasteiger partial charge < -0.3 is 9.32 Å². The van der Waals surface area contributed by atoms with Gasteiger partial charge in [-0.2, -0.15) is 4.31 Å². The summed E-state index contributed by atoms with van der Waals surface area (Å²) in [7, 11) is -1.81. The van der Waals surface area contributed by atoms with E-state index < -0.39 is 15.8 Å². The molecule has 0 N–H and O–H groups in total. The van der Waals surface area contributed by atoms with E-state index in [4.69, 9.17) is 4.42 Å². The highest BCUT2D eigenvalue weighted by Gasteiger charge is 2.33. The number of nitrogens with zero attached hydrogens (tertiary/aromatic N) is 3. The minimum Gasteiger partial charge on any atom is -0.408 e. The topological polar surface area (TPSA) is 92.8 Å². The van der Waals surface area contributed by atoms with E-state index in [1.165, 1.54) is 27.4 Å². The molecule has 1 aliphatic heterocycles. The van der Waals surface area contributed by atoms with Crippen molar-refractivity contribution < 1.29 is 17.6 Å². The van der Waals surface area contributed by atoms with Crippen molar-refractivity contribution >= 4 is 27.0 Å². The molecule has 2 aromatic rings. The smallest absolute Gasteiger partial charge is 0.408 e. The van der Waals surface area contributed by atoms with Gasteiger partial charge in [-0.25, -0.2) is 13.2 Å². The molecule has 1 amide bonds. The van der Waals surface area contributed by atoms with Crippen LogP contribution in [0.2, 0.25) is 0 Å². The minimum absolute atomic E-state index is 0.108. The third kappa shape index (κ3) is 4.05. The van der Waals surface area contributed by atoms with Crippen LogP contribution in [-0.4, -0.2) is 54.3 Å². The Kier molecular flexibility index (Phi) is 6.00. The molecule has 2 fully saturated rings. The highest BCUT2D eigenvalue weighted by Crippen LogP contribution is 2.32. The van der Waals surface area contributed by atoms with Gasteiger partial charge in [0.1, 0.15) is 6.54 Å². The quantitative estimate of drug-likeness (QED) is 0.700. The van der Waals surface area contributed by atoms with Crippen LogP contribution in [-0.2, 0) is 21.4 Å². The zero-order valence-corrected chi connectivity index (χ0v) is 19.2. The van der Waals surface area contributed by atoms with Gasteiger partial charge in [-0.15, -0.1) is 0 Å². The van der Waals surface area contributed by atoms with Crippen LogP contribution in [0.3, 0.4) is 0 Å². The first-order valence-corrected chi connectivity index (χ1v) is 12.5. The molecule has 2 aliphatic rings. The standard InChI is InChI=1S/C22H31N3O5S/c1-15-7-6-8-18(16(15)2)23(3)21(26)14-25-19-10-9-17(13-20(19)30-22(25)27)31(28,29)24-11-4-5-12-24/h9-10,13,15-16,18H,4-8,11-12,14H2,1-3H3/t15-,16-,18-/m1/s1. The molecule has 1 saturated heterocycles. The molecule has 8 nitrogen and oxygen atoms in total. The number of amides is 1. The predicted molar refractivity (Wildman–Crippen MR) is 117 cm³/mol. The van der Waals surface area contributed by atoms with Crippen molar-refractivity contribution in [3.63, 3.8) is 0 Å². The summed E-state index contributed by atoms with van der Waals surface area (Å²) < 4.78 is 33.7. The van der Waals surface area contributed by atoms with Crippen molar-refractivity contribution in [2.45, 2.75) is 63.4 Å². The molecule has 0 unspecified atom stereocenters. The first kappa shape index (κ1) is 22.1. The third-order valence-corrected chi connectivity index (χ3v) is 9.09. The number of likely N-dealkylation sites (N-methyl/N-ethyl adjacent to an activating group) is 1. The lowest BCUT2D eigenvalue weighted by atomic mass is 9.77. The van der Waals surface area contributed by atoms with Gasteiger partial charge in [0.15, 0.2) is 5.58 Å². The number of fused-ring (bicyclic) bond motifs is 1. The number of carbonyl (C=O) groups is 1. The predicted octanol–water partition coefficient (Wildman–Crippen LogP) is 2.66. The highest BCUT2D eigenvalue weighted by molar-refractivity contribution is 7.89. The molecule has 31 heavy (non-hydrogen) atoms. The second-order valence-electron chi connectivity index (χ2n) is 9.03. The van der Waals surface area contributed by atoms with E-state index in [9.17, 15) is 18.0 Å². The van der Waals surface area contributed by atoms with Crippen LogP contribution in [0.5, 0.6) is 0 Å². The Morgan fingerprint density at radius 2 is 1.87 bits per heavy atom. The van der Waals surface area contributed by atoms with Crippen LogP contribution in [0.15, 0.2) is 32.3 Å². The molecule has 9 heteroatoms. The lowest BCUT2D eigenvalue weighted by molar-refractivity contribution is -0.134. The molecule has 2 heterocycles. The molecular weight excluding hydrogens is 418 g/mol. The summed E-state index contributed by atoms with van der Waals surface area (Å²) in [4.78, 5) is 27.3. The average molecular weight is 450 g/mol. The van der Waals surface area contributed by atoms with Crippen LogP contribution in [0.1, 0.15) is 46.0 Å². The van der Waals surface area contributed by atoms with E-state index in [-0.39, 0.29) is 29.0 Å². The van der Waals surface area contributed by atoms with Crippen molar-refractivity contribution in [2.24, 2.45) is 11.8 Å². The molecule has 1 aliphatic carbocycles. The van der Waals surface area contributed by atoms with E-state index in [1.54, 1.807) is 18.0 Å². The molecule has 0 radical (unpaired) electrons. The fourth-order valence-electron chi connectivity index (χ4n) is 4.97. The Labute approximate surface area is 182 Å². The summed E-state index contributed by atoms with van der Waals surface area (Å²) in [6.45, 7) is 5.28. The summed E-state index contributed by atoms with van der Waals surface area (Å²) in [5.74, 6) is 0.156. The molecule has 1 aromatic carbocycles. The SMILES string of the molecule is C[C@@H]1[C@H](C)CCC[C@H]1N(C)C(=O)Cn1c(=O)oc2cc(S(=O)(=O)N3CCCC3)ccc21. The van der Waals surface area contributed by atoms with Crippen molar-refractivity contribution in [3.05, 3.63) is 28.7 Å². The number of hydrogen-bond donors (Lipinski definition) is 0. The fraction of sp³-hybridized carbons (Fsp3) is 0.636. The minimum atomic E-state index is -3.61. The van der Waals surface area contributed by atoms with Gasteiger partial charge in [0, 0.05) is 32.2 Å². The Morgan fingerprint density at radius 1 is 1.16 bits per heavy atom. The summed E-state index contributed by atoms with van der Waals surface area (Å²) in [5, 5.41) is 0. The van der Waals surface area contributed by atoms with Gasteiger partial charge >= 0.3 is 5.76 Å². The number of carbonyl (C=O) groups excluding carboxylic acids is 1. The van der Waals surface area contributed by atoms with Crippen molar-refractivity contribution in [1.82, 2.24) is 13.8 Å². The second kappa shape index (κ2) is 8.43. The van der Waals surface area contributed by atoms with Gasteiger partial charge in [-0.3, -0.25) is 9.36 Å². The summed E-state index contributed by atoms with van der Waals surface area (Å²) >= 11 is 0. The summed E-state index contributed by atoms with van der Waals surface area (Å²) in [6.07, 6.45) is 4.93. The number of oxazole rings is 1. The van der Waals surface area contributed by atoms with Gasteiger partial charge in [0.2, 0.25) is 15.9 Å². The van der Waals surface area contributed by atoms with Crippen LogP contribution in [0, 0.1) is 11.8 Å². The average Bonchev–Trinajstić information content (AvgIpc) is 3.38. The lowest BCUT2D eigenvalue weighted by Crippen LogP contribution is -2.46. The monoisotopic (exact) mass is 449 g/mol. The largest absolute Gasteiger partial charge is 0.420 e. The normalized spacial score (nSPS) is 25.2. The van der Waals surface area contributed by atoms with E-state index >= 15 is 0 Å². The molecule has 4 rings (SSSR count). The first-order chi connectivity index (χ1) is 14.7. The molecule has 0 spiro atoms. The molecule has 1 aromatic heterocycles. The second-order valence-corrected chi connectivity index (χ2v) is 11.0. The molecule has 3 atom stereocenters. The van der Waals surface area contributed by atoms with Crippen molar-refractivity contribution in [2.75, 3.05) is 20.1 Å². The van der Waals surface area contributed by atoms with Gasteiger partial charge in [-0.1, -0.05) is 26.7 Å². The molecular formula is C22H31N3O5S. The maximum absolute atomic E-state index is 13.0. The molecule has 170 valence electrons. The number of rotatable bonds is 5. The first-order valence-electron chi connectivity index (χ1n) is 11.1. The van der Waals surface area contributed by atoms with Gasteiger partial charge in [0.25, 0.3) is 0 Å². The summed E-state index contributed by atoms with van der Waals surface area (Å²) in [5.41, 5.74) is 0.609. The van der Waals surface area contributed by atoms with Crippen LogP contribution in [0.4, 0.5) is 0 Å². The number of sulfonamides is 1. The molecule has 0 bridgehead atoms. The van der Waals surface area contributed by atoms with Gasteiger partial charge in [-0.05, 0) is 43.2 Å². The molecule has 1 saturated carbocycles. The zero-order valence-electron chi connectivity index (χ0n) is 18.4. The Bertz CT molecular complexity index is 1130. The van der Waals surface area contributed by atoms with Crippen LogP contribution >= 0.6 is 0 Å². The fourth-order valence-corrected chi connectivity index (χ4v) is 6.50. The Morgan fingerprint density at radius 3 is 2.58 bits per heavy atom. The van der Waals surface area contributed by atoms with E-state index in [0.29, 0.717) is 30.4 Å². The zero-order chi connectivity index (χ0) is 22.3. The van der Waals surface area contributed by atoms with Gasteiger partial charge in [0.05, 0.1) is 10.4 Å².